The van der Waals surface area contributed by atoms with Crippen LogP contribution in [0.4, 0.5) is 5.82 Å². The van der Waals surface area contributed by atoms with E-state index in [9.17, 15) is 0 Å². The minimum Gasteiger partial charge on any atom is -0.370 e. The number of hydrogen-bond donors (Lipinski definition) is 2. The first kappa shape index (κ1) is 15.5. The number of aryl methyl sites for hydroxylation is 2. The van der Waals surface area contributed by atoms with Gasteiger partial charge in [-0.05, 0) is 39.8 Å². The van der Waals surface area contributed by atoms with Crippen LogP contribution in [0.15, 0.2) is 30.3 Å². The molecule has 3 aromatic rings. The molecule has 0 aliphatic carbocycles. The molecular weight excluding hydrogens is 286 g/mol. The van der Waals surface area contributed by atoms with Gasteiger partial charge in [0.05, 0.1) is 5.69 Å². The van der Waals surface area contributed by atoms with E-state index >= 15 is 0 Å². The molecular formula is C18H23N5. The Bertz CT molecular complexity index is 835. The first-order chi connectivity index (χ1) is 11.1. The smallest absolute Gasteiger partial charge is 0.158 e. The summed E-state index contributed by atoms with van der Waals surface area (Å²) in [6.45, 7) is 7.69. The van der Waals surface area contributed by atoms with Crippen LogP contribution in [-0.4, -0.2) is 27.7 Å². The lowest BCUT2D eigenvalue weighted by Gasteiger charge is -2.12. The number of nitrogens with one attached hydrogen (secondary N) is 1. The molecule has 0 saturated heterocycles. The van der Waals surface area contributed by atoms with Gasteiger partial charge in [-0.25, -0.2) is 4.98 Å². The molecule has 0 spiro atoms. The van der Waals surface area contributed by atoms with Gasteiger partial charge in [-0.1, -0.05) is 23.8 Å². The standard InChI is InChI=1S/C18H23N5/c1-12-6-4-7-15(10-12)16-11-17-21-14(3)13(2)18(23(17)22-16)20-9-5-8-19/h4,6-7,10-11,20H,5,8-9,19H2,1-3H3. The number of benzene rings is 1. The Morgan fingerprint density at radius 3 is 2.74 bits per heavy atom. The van der Waals surface area contributed by atoms with Gasteiger partial charge < -0.3 is 11.1 Å². The third-order valence-corrected chi connectivity index (χ3v) is 4.07. The van der Waals surface area contributed by atoms with Crippen LogP contribution in [0, 0.1) is 20.8 Å². The quantitative estimate of drug-likeness (QED) is 0.711. The summed E-state index contributed by atoms with van der Waals surface area (Å²) in [5.41, 5.74) is 11.9. The molecule has 23 heavy (non-hydrogen) atoms. The Morgan fingerprint density at radius 2 is 2.00 bits per heavy atom. The maximum atomic E-state index is 5.59. The molecule has 0 atom stereocenters. The van der Waals surface area contributed by atoms with E-state index in [2.05, 4.69) is 48.4 Å². The minimum absolute atomic E-state index is 0.674. The zero-order valence-electron chi connectivity index (χ0n) is 13.9. The summed E-state index contributed by atoms with van der Waals surface area (Å²) < 4.78 is 1.90. The van der Waals surface area contributed by atoms with Crippen LogP contribution in [0.5, 0.6) is 0 Å². The highest BCUT2D eigenvalue weighted by molar-refractivity contribution is 5.67. The van der Waals surface area contributed by atoms with Crippen molar-refractivity contribution in [2.24, 2.45) is 5.73 Å². The maximum Gasteiger partial charge on any atom is 0.158 e. The normalized spacial score (nSPS) is 11.1. The first-order valence-electron chi connectivity index (χ1n) is 7.98. The molecule has 0 fully saturated rings. The number of fused-ring (bicyclic) bond motifs is 1. The predicted octanol–water partition coefficient (Wildman–Crippen LogP) is 3.08. The largest absolute Gasteiger partial charge is 0.370 e. The predicted molar refractivity (Wildman–Crippen MR) is 94.8 cm³/mol. The van der Waals surface area contributed by atoms with Crippen molar-refractivity contribution in [2.45, 2.75) is 27.2 Å². The molecule has 5 nitrogen and oxygen atoms in total. The van der Waals surface area contributed by atoms with Crippen molar-refractivity contribution < 1.29 is 0 Å². The zero-order valence-corrected chi connectivity index (χ0v) is 13.9. The molecule has 120 valence electrons. The molecule has 0 unspecified atom stereocenters. The summed E-state index contributed by atoms with van der Waals surface area (Å²) in [6.07, 6.45) is 0.925. The van der Waals surface area contributed by atoms with Gasteiger partial charge in [-0.2, -0.15) is 9.61 Å². The number of nitrogens with two attached hydrogens (primary N) is 1. The first-order valence-corrected chi connectivity index (χ1v) is 7.98. The van der Waals surface area contributed by atoms with Gasteiger partial charge in [-0.15, -0.1) is 0 Å². The van der Waals surface area contributed by atoms with E-state index in [4.69, 9.17) is 10.8 Å². The molecule has 2 heterocycles. The fourth-order valence-electron chi connectivity index (χ4n) is 2.66. The average Bonchev–Trinajstić information content (AvgIpc) is 2.95. The van der Waals surface area contributed by atoms with E-state index in [0.717, 1.165) is 46.9 Å². The van der Waals surface area contributed by atoms with Crippen molar-refractivity contribution in [1.82, 2.24) is 14.6 Å². The second-order valence-electron chi connectivity index (χ2n) is 5.91. The lowest BCUT2D eigenvalue weighted by Crippen LogP contribution is -2.13. The third kappa shape index (κ3) is 3.05. The highest BCUT2D eigenvalue weighted by Gasteiger charge is 2.13. The summed E-state index contributed by atoms with van der Waals surface area (Å²) in [4.78, 5) is 4.67. The summed E-state index contributed by atoms with van der Waals surface area (Å²) in [5.74, 6) is 1.000. The van der Waals surface area contributed by atoms with Crippen molar-refractivity contribution in [3.8, 4) is 11.3 Å². The second kappa shape index (κ2) is 6.38. The number of anilines is 1. The van der Waals surface area contributed by atoms with Gasteiger partial charge in [0.25, 0.3) is 0 Å². The number of nitrogens with zero attached hydrogens (tertiary/aromatic N) is 3. The van der Waals surface area contributed by atoms with Crippen LogP contribution in [0.3, 0.4) is 0 Å². The Kier molecular flexibility index (Phi) is 4.30. The van der Waals surface area contributed by atoms with E-state index in [0.29, 0.717) is 6.54 Å². The molecule has 0 saturated carbocycles. The zero-order chi connectivity index (χ0) is 16.4. The van der Waals surface area contributed by atoms with Crippen LogP contribution >= 0.6 is 0 Å². The summed E-state index contributed by atoms with van der Waals surface area (Å²) in [7, 11) is 0. The van der Waals surface area contributed by atoms with Gasteiger partial charge in [0.2, 0.25) is 0 Å². The van der Waals surface area contributed by atoms with E-state index < -0.39 is 0 Å². The average molecular weight is 309 g/mol. The Hall–Kier alpha value is -2.40. The minimum atomic E-state index is 0.674. The van der Waals surface area contributed by atoms with Crippen molar-refractivity contribution in [3.63, 3.8) is 0 Å². The summed E-state index contributed by atoms with van der Waals surface area (Å²) in [6, 6.07) is 10.4. The molecule has 0 radical (unpaired) electrons. The van der Waals surface area contributed by atoms with Crippen molar-refractivity contribution in [1.29, 1.82) is 0 Å². The fraction of sp³-hybridized carbons (Fsp3) is 0.333. The van der Waals surface area contributed by atoms with Crippen molar-refractivity contribution in [2.75, 3.05) is 18.4 Å². The number of aromatic nitrogens is 3. The monoisotopic (exact) mass is 309 g/mol. The SMILES string of the molecule is Cc1cccc(-c2cc3nc(C)c(C)c(NCCCN)n3n2)c1. The number of rotatable bonds is 5. The van der Waals surface area contributed by atoms with Crippen LogP contribution < -0.4 is 11.1 Å². The Balaban J connectivity index is 2.09. The third-order valence-electron chi connectivity index (χ3n) is 4.07. The highest BCUT2D eigenvalue weighted by atomic mass is 15.3. The molecule has 5 heteroatoms. The summed E-state index contributed by atoms with van der Waals surface area (Å²) in [5, 5.41) is 8.22. The molecule has 0 aliphatic heterocycles. The Morgan fingerprint density at radius 1 is 1.17 bits per heavy atom. The lowest BCUT2D eigenvalue weighted by atomic mass is 10.1. The van der Waals surface area contributed by atoms with E-state index in [-0.39, 0.29) is 0 Å². The molecule has 0 aliphatic rings. The lowest BCUT2D eigenvalue weighted by molar-refractivity contribution is 0.846. The molecule has 0 amide bonds. The van der Waals surface area contributed by atoms with Gasteiger partial charge in [0.1, 0.15) is 5.82 Å². The van der Waals surface area contributed by atoms with E-state index in [1.165, 1.54) is 5.56 Å². The van der Waals surface area contributed by atoms with Gasteiger partial charge in [0.15, 0.2) is 5.65 Å². The van der Waals surface area contributed by atoms with Crippen molar-refractivity contribution >= 4 is 11.5 Å². The number of hydrogen-bond acceptors (Lipinski definition) is 4. The van der Waals surface area contributed by atoms with Crippen LogP contribution in [0.2, 0.25) is 0 Å². The molecule has 2 aromatic heterocycles. The van der Waals surface area contributed by atoms with E-state index in [1.807, 2.05) is 17.5 Å². The molecule has 3 N–H and O–H groups in total. The fourth-order valence-corrected chi connectivity index (χ4v) is 2.66. The second-order valence-corrected chi connectivity index (χ2v) is 5.91. The van der Waals surface area contributed by atoms with Crippen molar-refractivity contribution in [3.05, 3.63) is 47.2 Å². The molecule has 1 aromatic carbocycles. The summed E-state index contributed by atoms with van der Waals surface area (Å²) >= 11 is 0. The molecule has 0 bridgehead atoms. The topological polar surface area (TPSA) is 68.2 Å². The van der Waals surface area contributed by atoms with Crippen LogP contribution in [-0.2, 0) is 0 Å². The maximum absolute atomic E-state index is 5.59. The van der Waals surface area contributed by atoms with E-state index in [1.54, 1.807) is 0 Å². The van der Waals surface area contributed by atoms with Crippen LogP contribution in [0.1, 0.15) is 23.2 Å². The van der Waals surface area contributed by atoms with Gasteiger partial charge in [-0.3, -0.25) is 0 Å². The Labute approximate surface area is 136 Å². The van der Waals surface area contributed by atoms with Gasteiger partial charge >= 0.3 is 0 Å². The molecule has 3 rings (SSSR count). The van der Waals surface area contributed by atoms with Gasteiger partial charge in [0, 0.05) is 29.4 Å². The van der Waals surface area contributed by atoms with Crippen LogP contribution in [0.25, 0.3) is 16.9 Å². The highest BCUT2D eigenvalue weighted by Crippen LogP contribution is 2.25.